The Morgan fingerprint density at radius 1 is 0.960 bits per heavy atom. The molecule has 0 heterocycles. The van der Waals surface area contributed by atoms with E-state index in [2.05, 4.69) is 0 Å². The van der Waals surface area contributed by atoms with Gasteiger partial charge in [0.25, 0.3) is 0 Å². The second kappa shape index (κ2) is 8.03. The lowest BCUT2D eigenvalue weighted by Gasteiger charge is -2.34. The van der Waals surface area contributed by atoms with Gasteiger partial charge in [0.1, 0.15) is 12.4 Å². The summed E-state index contributed by atoms with van der Waals surface area (Å²) in [4.78, 5) is 11.1. The first-order chi connectivity index (χ1) is 12.2. The van der Waals surface area contributed by atoms with Crippen molar-refractivity contribution in [1.29, 1.82) is 0 Å². The number of ether oxygens (including phenoxy) is 2. The van der Waals surface area contributed by atoms with Gasteiger partial charge < -0.3 is 14.6 Å². The molecule has 0 bridgehead atoms. The van der Waals surface area contributed by atoms with Gasteiger partial charge in [0, 0.05) is 5.57 Å². The molecule has 2 aromatic rings. The van der Waals surface area contributed by atoms with Crippen LogP contribution in [0.1, 0.15) is 11.1 Å². The van der Waals surface area contributed by atoms with Crippen molar-refractivity contribution in [2.45, 2.75) is 25.1 Å². The van der Waals surface area contributed by atoms with E-state index in [1.54, 1.807) is 12.2 Å². The molecule has 25 heavy (non-hydrogen) atoms. The maximum absolute atomic E-state index is 11.1. The first kappa shape index (κ1) is 17.3. The Morgan fingerprint density at radius 2 is 1.56 bits per heavy atom. The third-order valence-corrected chi connectivity index (χ3v) is 3.99. The van der Waals surface area contributed by atoms with Gasteiger partial charge >= 0.3 is 0 Å². The molecule has 3 rings (SSSR count). The van der Waals surface area contributed by atoms with E-state index in [1.807, 2.05) is 60.7 Å². The molecule has 0 amide bonds. The average molecular weight is 336 g/mol. The molecule has 128 valence electrons. The van der Waals surface area contributed by atoms with E-state index in [1.165, 1.54) is 6.08 Å². The van der Waals surface area contributed by atoms with Crippen molar-refractivity contribution in [2.75, 3.05) is 0 Å². The predicted octanol–water partition coefficient (Wildman–Crippen LogP) is 3.17. The molecule has 2 unspecified atom stereocenters. The van der Waals surface area contributed by atoms with E-state index in [-0.39, 0.29) is 6.61 Å². The summed E-state index contributed by atoms with van der Waals surface area (Å²) in [6.45, 7) is 0.538. The fraction of sp³-hybridized carbons (Fsp3) is 0.190. The van der Waals surface area contributed by atoms with Gasteiger partial charge in [-0.05, 0) is 23.3 Å². The molecule has 1 aliphatic rings. The summed E-state index contributed by atoms with van der Waals surface area (Å²) in [5.41, 5.74) is 2.37. The zero-order chi connectivity index (χ0) is 17.5. The maximum Gasteiger partial charge on any atom is 0.216 e. The Labute approximate surface area is 147 Å². The van der Waals surface area contributed by atoms with Crippen molar-refractivity contribution in [3.63, 3.8) is 0 Å². The number of hydrogen-bond donors (Lipinski definition) is 1. The maximum atomic E-state index is 11.1. The summed E-state index contributed by atoms with van der Waals surface area (Å²) in [5, 5.41) is 10.9. The summed E-state index contributed by atoms with van der Waals surface area (Å²) in [6, 6.07) is 19.2. The minimum absolute atomic E-state index is 0.233. The van der Waals surface area contributed by atoms with Crippen LogP contribution in [0.3, 0.4) is 0 Å². The highest BCUT2D eigenvalue weighted by atomic mass is 16.7. The summed E-state index contributed by atoms with van der Waals surface area (Å²) in [6.07, 6.45) is 4.55. The molecule has 0 aromatic heterocycles. The molecule has 1 N–H and O–H groups in total. The lowest BCUT2D eigenvalue weighted by Crippen LogP contribution is -2.45. The number of carbonyl (C=O) groups is 1. The Bertz CT molecular complexity index is 752. The van der Waals surface area contributed by atoms with E-state index < -0.39 is 11.9 Å². The first-order valence-corrected chi connectivity index (χ1v) is 8.12. The van der Waals surface area contributed by atoms with E-state index in [0.29, 0.717) is 12.2 Å². The molecule has 0 radical (unpaired) electrons. The highest BCUT2D eigenvalue weighted by Crippen LogP contribution is 2.27. The van der Waals surface area contributed by atoms with Crippen molar-refractivity contribution >= 4 is 6.29 Å². The molecule has 4 heteroatoms. The predicted molar refractivity (Wildman–Crippen MR) is 94.5 cm³/mol. The highest BCUT2D eigenvalue weighted by molar-refractivity contribution is 5.78. The second-order valence-electron chi connectivity index (χ2n) is 5.86. The van der Waals surface area contributed by atoms with Crippen LogP contribution in [0.2, 0.25) is 0 Å². The molecule has 0 aliphatic heterocycles. The van der Waals surface area contributed by atoms with Crippen LogP contribution in [0.5, 0.6) is 0 Å². The lowest BCUT2D eigenvalue weighted by atomic mass is 9.99. The number of carbonyl (C=O) groups excluding carboxylic acids is 1. The molecule has 2 aromatic carbocycles. The summed E-state index contributed by atoms with van der Waals surface area (Å²) < 4.78 is 11.6. The van der Waals surface area contributed by atoms with Crippen LogP contribution in [-0.2, 0) is 27.5 Å². The SMILES string of the molecule is O=CC1=CC(OCc2ccccc2)C(O)(OCc2ccccc2)C=C1. The second-order valence-corrected chi connectivity index (χ2v) is 5.86. The van der Waals surface area contributed by atoms with Gasteiger partial charge in [-0.15, -0.1) is 0 Å². The van der Waals surface area contributed by atoms with Gasteiger partial charge in [0.2, 0.25) is 5.79 Å². The molecule has 0 spiro atoms. The standard InChI is InChI=1S/C21H20O4/c22-14-19-11-12-21(23,25-16-18-9-5-2-6-10-18)20(13-19)24-15-17-7-3-1-4-8-17/h1-14,20,23H,15-16H2. The quantitative estimate of drug-likeness (QED) is 0.623. The average Bonchev–Trinajstić information content (AvgIpc) is 2.67. The fourth-order valence-electron chi connectivity index (χ4n) is 2.57. The Balaban J connectivity index is 1.71. The molecule has 4 nitrogen and oxygen atoms in total. The fourth-order valence-corrected chi connectivity index (χ4v) is 2.57. The molecular weight excluding hydrogens is 316 g/mol. The van der Waals surface area contributed by atoms with E-state index in [0.717, 1.165) is 17.4 Å². The third kappa shape index (κ3) is 4.51. The van der Waals surface area contributed by atoms with Gasteiger partial charge in [-0.3, -0.25) is 4.79 Å². The third-order valence-electron chi connectivity index (χ3n) is 3.99. The van der Waals surface area contributed by atoms with Crippen LogP contribution >= 0.6 is 0 Å². The number of aldehydes is 1. The number of rotatable bonds is 7. The number of hydrogen-bond acceptors (Lipinski definition) is 4. The van der Waals surface area contributed by atoms with E-state index in [4.69, 9.17) is 9.47 Å². The molecule has 0 saturated carbocycles. The van der Waals surface area contributed by atoms with Crippen molar-refractivity contribution in [2.24, 2.45) is 0 Å². The zero-order valence-electron chi connectivity index (χ0n) is 13.7. The normalized spacial score (nSPS) is 22.4. The molecule has 1 aliphatic carbocycles. The number of benzene rings is 2. The molecule has 0 fully saturated rings. The number of allylic oxidation sites excluding steroid dienone is 2. The van der Waals surface area contributed by atoms with Crippen LogP contribution < -0.4 is 0 Å². The first-order valence-electron chi connectivity index (χ1n) is 8.12. The van der Waals surface area contributed by atoms with Gasteiger partial charge in [-0.1, -0.05) is 66.7 Å². The monoisotopic (exact) mass is 336 g/mol. The smallest absolute Gasteiger partial charge is 0.216 e. The van der Waals surface area contributed by atoms with Gasteiger partial charge in [0.15, 0.2) is 0 Å². The topological polar surface area (TPSA) is 55.8 Å². The van der Waals surface area contributed by atoms with Gasteiger partial charge in [0.05, 0.1) is 13.2 Å². The van der Waals surface area contributed by atoms with Crippen molar-refractivity contribution in [1.82, 2.24) is 0 Å². The Hall–Kier alpha value is -2.53. The van der Waals surface area contributed by atoms with Gasteiger partial charge in [-0.25, -0.2) is 0 Å². The van der Waals surface area contributed by atoms with E-state index >= 15 is 0 Å². The largest absolute Gasteiger partial charge is 0.363 e. The molecular formula is C21H20O4. The lowest BCUT2D eigenvalue weighted by molar-refractivity contribution is -0.232. The van der Waals surface area contributed by atoms with Gasteiger partial charge in [-0.2, -0.15) is 0 Å². The summed E-state index contributed by atoms with van der Waals surface area (Å²) in [5.74, 6) is -1.63. The summed E-state index contributed by atoms with van der Waals surface area (Å²) >= 11 is 0. The zero-order valence-corrected chi connectivity index (χ0v) is 13.7. The van der Waals surface area contributed by atoms with Crippen LogP contribution in [0.25, 0.3) is 0 Å². The Morgan fingerprint density at radius 3 is 2.16 bits per heavy atom. The van der Waals surface area contributed by atoms with Crippen LogP contribution in [0.4, 0.5) is 0 Å². The van der Waals surface area contributed by atoms with Crippen molar-refractivity contribution < 1.29 is 19.4 Å². The number of aliphatic hydroxyl groups is 1. The van der Waals surface area contributed by atoms with Crippen LogP contribution in [-0.4, -0.2) is 23.3 Å². The highest BCUT2D eigenvalue weighted by Gasteiger charge is 2.37. The molecule has 2 atom stereocenters. The van der Waals surface area contributed by atoms with Crippen molar-refractivity contribution in [3.05, 3.63) is 95.6 Å². The van der Waals surface area contributed by atoms with Crippen LogP contribution in [0, 0.1) is 0 Å². The van der Waals surface area contributed by atoms with E-state index in [9.17, 15) is 9.90 Å². The van der Waals surface area contributed by atoms with Crippen molar-refractivity contribution in [3.8, 4) is 0 Å². The summed E-state index contributed by atoms with van der Waals surface area (Å²) in [7, 11) is 0. The molecule has 0 saturated heterocycles. The van der Waals surface area contributed by atoms with Crippen LogP contribution in [0.15, 0.2) is 84.5 Å². The minimum Gasteiger partial charge on any atom is -0.363 e. The minimum atomic E-state index is -1.63. The Kier molecular flexibility index (Phi) is 5.56.